The summed E-state index contributed by atoms with van der Waals surface area (Å²) in [6.45, 7) is 5.20. The molecule has 0 saturated heterocycles. The Labute approximate surface area is 141 Å². The Balaban J connectivity index is 1.85. The van der Waals surface area contributed by atoms with Gasteiger partial charge in [-0.3, -0.25) is 5.01 Å². The van der Waals surface area contributed by atoms with Crippen LogP contribution < -0.4 is 4.90 Å². The molecule has 0 saturated carbocycles. The van der Waals surface area contributed by atoms with E-state index in [-0.39, 0.29) is 18.1 Å². The summed E-state index contributed by atoms with van der Waals surface area (Å²) in [4.78, 5) is 2.36. The van der Waals surface area contributed by atoms with Gasteiger partial charge in [-0.15, -0.1) is 0 Å². The molecule has 3 atom stereocenters. The highest BCUT2D eigenvalue weighted by Crippen LogP contribution is 2.43. The van der Waals surface area contributed by atoms with E-state index in [2.05, 4.69) is 70.5 Å². The number of rotatable bonds is 1. The molecule has 0 N–H and O–H groups in total. The van der Waals surface area contributed by atoms with E-state index in [1.54, 1.807) is 0 Å². The maximum absolute atomic E-state index is 6.05. The first-order valence-electron chi connectivity index (χ1n) is 7.96. The van der Waals surface area contributed by atoms with Gasteiger partial charge in [0.2, 0.25) is 0 Å². The number of hydrogen-bond acceptors (Lipinski definition) is 4. The van der Waals surface area contributed by atoms with Gasteiger partial charge in [-0.1, -0.05) is 35.0 Å². The van der Waals surface area contributed by atoms with Gasteiger partial charge >= 0.3 is 0 Å². The number of halogens is 1. The molecule has 0 spiro atoms. The molecule has 0 aliphatic carbocycles. The summed E-state index contributed by atoms with van der Waals surface area (Å²) in [7, 11) is 0. The topological polar surface area (TPSA) is 31.2 Å². The summed E-state index contributed by atoms with van der Waals surface area (Å²) in [5.41, 5.74) is 3.66. The van der Waals surface area contributed by atoms with Crippen LogP contribution in [0.3, 0.4) is 0 Å². The summed E-state index contributed by atoms with van der Waals surface area (Å²) < 4.78 is 0. The van der Waals surface area contributed by atoms with Crippen molar-refractivity contribution in [3.8, 4) is 0 Å². The standard InChI is InChI=1S/C18H19ClN4/c1-12-11-22(15-9-7-14(19)8-10-15)17-6-4-3-5-16(17)18-13(2)20-21-23(12)18/h3-10,12-13,18H,11H2,1-2H3. The van der Waals surface area contributed by atoms with E-state index in [4.69, 9.17) is 11.6 Å². The van der Waals surface area contributed by atoms with Crippen molar-refractivity contribution in [3.05, 3.63) is 59.1 Å². The third-order valence-electron chi connectivity index (χ3n) is 4.66. The summed E-state index contributed by atoms with van der Waals surface area (Å²) in [6.07, 6.45) is 0. The van der Waals surface area contributed by atoms with Crippen LogP contribution in [0.2, 0.25) is 5.02 Å². The van der Waals surface area contributed by atoms with E-state index in [0.717, 1.165) is 17.3 Å². The fourth-order valence-corrected chi connectivity index (χ4v) is 3.67. The molecular formula is C18H19ClN4. The van der Waals surface area contributed by atoms with Gasteiger partial charge in [-0.2, -0.15) is 5.11 Å². The Morgan fingerprint density at radius 3 is 2.57 bits per heavy atom. The average Bonchev–Trinajstić information content (AvgIpc) is 2.89. The SMILES string of the molecule is CC1N=NN2C(C)CN(c3ccc(Cl)cc3)c3ccccc3C12. The highest BCUT2D eigenvalue weighted by atomic mass is 35.5. The van der Waals surface area contributed by atoms with Gasteiger partial charge in [-0.25, -0.2) is 0 Å². The van der Waals surface area contributed by atoms with Crippen LogP contribution in [0, 0.1) is 0 Å². The van der Waals surface area contributed by atoms with Crippen LogP contribution in [0.5, 0.6) is 0 Å². The molecule has 118 valence electrons. The Morgan fingerprint density at radius 2 is 1.78 bits per heavy atom. The van der Waals surface area contributed by atoms with E-state index in [9.17, 15) is 0 Å². The lowest BCUT2D eigenvalue weighted by Crippen LogP contribution is -2.36. The van der Waals surface area contributed by atoms with Crippen molar-refractivity contribution in [2.24, 2.45) is 10.3 Å². The molecule has 2 aliphatic rings. The molecule has 5 heteroatoms. The first-order valence-corrected chi connectivity index (χ1v) is 8.34. The number of nitrogens with zero attached hydrogens (tertiary/aromatic N) is 4. The smallest absolute Gasteiger partial charge is 0.1000 e. The third kappa shape index (κ3) is 2.38. The van der Waals surface area contributed by atoms with Crippen LogP contribution in [0.4, 0.5) is 11.4 Å². The minimum Gasteiger partial charge on any atom is -0.339 e. The second kappa shape index (κ2) is 5.53. The molecule has 0 amide bonds. The molecule has 0 fully saturated rings. The number of para-hydroxylation sites is 1. The first kappa shape index (κ1) is 14.5. The fourth-order valence-electron chi connectivity index (χ4n) is 3.54. The molecule has 0 radical (unpaired) electrons. The van der Waals surface area contributed by atoms with Crippen LogP contribution in [0.15, 0.2) is 58.9 Å². The van der Waals surface area contributed by atoms with Crippen LogP contribution in [-0.2, 0) is 0 Å². The van der Waals surface area contributed by atoms with Crippen LogP contribution in [-0.4, -0.2) is 23.6 Å². The summed E-state index contributed by atoms with van der Waals surface area (Å²) in [5, 5.41) is 11.7. The fraction of sp³-hybridized carbons (Fsp3) is 0.333. The zero-order chi connectivity index (χ0) is 16.0. The van der Waals surface area contributed by atoms with Gasteiger partial charge in [0.15, 0.2) is 0 Å². The molecule has 2 aromatic rings. The molecule has 0 aromatic heterocycles. The minimum atomic E-state index is 0.170. The average molecular weight is 327 g/mol. The molecule has 0 bridgehead atoms. The van der Waals surface area contributed by atoms with Crippen molar-refractivity contribution >= 4 is 23.0 Å². The van der Waals surface area contributed by atoms with E-state index in [0.29, 0.717) is 0 Å². The number of anilines is 2. The van der Waals surface area contributed by atoms with Gasteiger partial charge in [0.1, 0.15) is 0 Å². The summed E-state index contributed by atoms with van der Waals surface area (Å²) in [6, 6.07) is 17.3. The quantitative estimate of drug-likeness (QED) is 0.739. The maximum atomic E-state index is 6.05. The van der Waals surface area contributed by atoms with Crippen LogP contribution >= 0.6 is 11.6 Å². The van der Waals surface area contributed by atoms with Crippen LogP contribution in [0.1, 0.15) is 25.5 Å². The lowest BCUT2D eigenvalue weighted by atomic mass is 9.98. The van der Waals surface area contributed by atoms with Crippen molar-refractivity contribution in [2.75, 3.05) is 11.4 Å². The van der Waals surface area contributed by atoms with Crippen molar-refractivity contribution < 1.29 is 0 Å². The monoisotopic (exact) mass is 326 g/mol. The highest BCUT2D eigenvalue weighted by Gasteiger charge is 2.39. The second-order valence-corrected chi connectivity index (χ2v) is 6.70. The lowest BCUT2D eigenvalue weighted by Gasteiger charge is -2.28. The van der Waals surface area contributed by atoms with Crippen LogP contribution in [0.25, 0.3) is 0 Å². The van der Waals surface area contributed by atoms with Gasteiger partial charge in [-0.05, 0) is 44.2 Å². The van der Waals surface area contributed by atoms with E-state index >= 15 is 0 Å². The van der Waals surface area contributed by atoms with Gasteiger partial charge in [0, 0.05) is 28.5 Å². The van der Waals surface area contributed by atoms with Crippen molar-refractivity contribution in [1.29, 1.82) is 0 Å². The van der Waals surface area contributed by atoms with Gasteiger partial charge in [0.05, 0.1) is 18.1 Å². The molecule has 2 aromatic carbocycles. The Bertz CT molecular complexity index is 743. The molecule has 2 aliphatic heterocycles. The summed E-state index contributed by atoms with van der Waals surface area (Å²) in [5.74, 6) is 0. The van der Waals surface area contributed by atoms with Crippen molar-refractivity contribution in [3.63, 3.8) is 0 Å². The summed E-state index contributed by atoms with van der Waals surface area (Å²) >= 11 is 6.05. The molecule has 4 rings (SSSR count). The van der Waals surface area contributed by atoms with Gasteiger partial charge < -0.3 is 4.90 Å². The Morgan fingerprint density at radius 1 is 1.04 bits per heavy atom. The highest BCUT2D eigenvalue weighted by molar-refractivity contribution is 6.30. The second-order valence-electron chi connectivity index (χ2n) is 6.27. The maximum Gasteiger partial charge on any atom is 0.1000 e. The van der Waals surface area contributed by atoms with E-state index in [1.807, 2.05) is 12.1 Å². The Kier molecular flexibility index (Phi) is 3.49. The minimum absolute atomic E-state index is 0.170. The van der Waals surface area contributed by atoms with Gasteiger partial charge in [0.25, 0.3) is 0 Å². The number of hydrogen-bond donors (Lipinski definition) is 0. The predicted molar refractivity (Wildman–Crippen MR) is 93.3 cm³/mol. The van der Waals surface area contributed by atoms with E-state index in [1.165, 1.54) is 11.3 Å². The van der Waals surface area contributed by atoms with Crippen molar-refractivity contribution in [1.82, 2.24) is 5.01 Å². The normalized spacial score (nSPS) is 26.0. The zero-order valence-corrected chi connectivity index (χ0v) is 14.0. The number of fused-ring (bicyclic) bond motifs is 3. The zero-order valence-electron chi connectivity index (χ0n) is 13.2. The molecule has 23 heavy (non-hydrogen) atoms. The van der Waals surface area contributed by atoms with E-state index < -0.39 is 0 Å². The van der Waals surface area contributed by atoms with Crippen molar-refractivity contribution in [2.45, 2.75) is 32.0 Å². The Hall–Kier alpha value is -2.07. The first-order chi connectivity index (χ1) is 11.1. The largest absolute Gasteiger partial charge is 0.339 e. The number of benzene rings is 2. The predicted octanol–water partition coefficient (Wildman–Crippen LogP) is 4.99. The third-order valence-corrected chi connectivity index (χ3v) is 4.91. The molecule has 3 unspecified atom stereocenters. The molecular weight excluding hydrogens is 308 g/mol. The molecule has 2 heterocycles. The molecule has 4 nitrogen and oxygen atoms in total. The lowest BCUT2D eigenvalue weighted by molar-refractivity contribution is 0.175.